The highest BCUT2D eigenvalue weighted by atomic mass is 32.1. The molecule has 5 nitrogen and oxygen atoms in total. The second-order valence-corrected chi connectivity index (χ2v) is 7.37. The van der Waals surface area contributed by atoms with Gasteiger partial charge >= 0.3 is 0 Å². The second kappa shape index (κ2) is 7.53. The van der Waals surface area contributed by atoms with Gasteiger partial charge in [-0.05, 0) is 32.6 Å². The Kier molecular flexibility index (Phi) is 5.44. The standard InChI is InChI=1S/C16H25N3O2S/c1-13-17-12-15(22-13)16(20)19-6-3-2-4-14(19)5-7-18-8-10-21-11-9-18/h12,14H,2-11H2,1H3. The number of hydrogen-bond acceptors (Lipinski definition) is 5. The zero-order valence-corrected chi connectivity index (χ0v) is 14.1. The van der Waals surface area contributed by atoms with Crippen molar-refractivity contribution in [3.05, 3.63) is 16.1 Å². The smallest absolute Gasteiger partial charge is 0.265 e. The Labute approximate surface area is 136 Å². The Morgan fingerprint density at radius 1 is 1.36 bits per heavy atom. The minimum Gasteiger partial charge on any atom is -0.379 e. The third-order valence-corrected chi connectivity index (χ3v) is 5.50. The van der Waals surface area contributed by atoms with E-state index in [2.05, 4.69) is 14.8 Å². The minimum atomic E-state index is 0.178. The van der Waals surface area contributed by atoms with E-state index < -0.39 is 0 Å². The number of hydrogen-bond donors (Lipinski definition) is 0. The highest BCUT2D eigenvalue weighted by Crippen LogP contribution is 2.24. The first-order chi connectivity index (χ1) is 10.7. The largest absolute Gasteiger partial charge is 0.379 e. The van der Waals surface area contributed by atoms with E-state index in [1.54, 1.807) is 6.20 Å². The van der Waals surface area contributed by atoms with E-state index in [1.165, 1.54) is 17.8 Å². The molecular formula is C16H25N3O2S. The average Bonchev–Trinajstić information content (AvgIpc) is 3.00. The molecule has 0 spiro atoms. The van der Waals surface area contributed by atoms with Crippen LogP contribution in [0.4, 0.5) is 0 Å². The van der Waals surface area contributed by atoms with Crippen LogP contribution in [0.3, 0.4) is 0 Å². The molecule has 2 aliphatic heterocycles. The molecule has 2 saturated heterocycles. The molecule has 6 heteroatoms. The van der Waals surface area contributed by atoms with Crippen molar-refractivity contribution in [1.29, 1.82) is 0 Å². The number of amides is 1. The zero-order chi connectivity index (χ0) is 15.4. The van der Waals surface area contributed by atoms with Crippen molar-refractivity contribution in [2.24, 2.45) is 0 Å². The highest BCUT2D eigenvalue weighted by molar-refractivity contribution is 7.13. The third kappa shape index (κ3) is 3.86. The van der Waals surface area contributed by atoms with Crippen molar-refractivity contribution in [3.63, 3.8) is 0 Å². The summed E-state index contributed by atoms with van der Waals surface area (Å²) in [5.74, 6) is 0.178. The number of rotatable bonds is 4. The lowest BCUT2D eigenvalue weighted by Crippen LogP contribution is -2.46. The molecule has 1 unspecified atom stereocenters. The van der Waals surface area contributed by atoms with Gasteiger partial charge < -0.3 is 9.64 Å². The summed E-state index contributed by atoms with van der Waals surface area (Å²) in [7, 11) is 0. The number of aromatic nitrogens is 1. The van der Waals surface area contributed by atoms with E-state index in [0.717, 1.165) is 68.5 Å². The van der Waals surface area contributed by atoms with E-state index in [9.17, 15) is 4.79 Å². The molecule has 22 heavy (non-hydrogen) atoms. The maximum absolute atomic E-state index is 12.7. The quantitative estimate of drug-likeness (QED) is 0.852. The number of aryl methyl sites for hydroxylation is 1. The average molecular weight is 323 g/mol. The van der Waals surface area contributed by atoms with Gasteiger partial charge in [0.25, 0.3) is 5.91 Å². The molecule has 0 aromatic carbocycles. The fourth-order valence-electron chi connectivity index (χ4n) is 3.33. The Bertz CT molecular complexity index is 499. The van der Waals surface area contributed by atoms with Crippen LogP contribution in [0, 0.1) is 6.92 Å². The van der Waals surface area contributed by atoms with Gasteiger partial charge in [0.1, 0.15) is 4.88 Å². The molecule has 0 bridgehead atoms. The van der Waals surface area contributed by atoms with Crippen molar-refractivity contribution in [2.45, 2.75) is 38.6 Å². The Morgan fingerprint density at radius 3 is 2.91 bits per heavy atom. The summed E-state index contributed by atoms with van der Waals surface area (Å²) in [6.45, 7) is 7.64. The molecule has 0 aliphatic carbocycles. The summed E-state index contributed by atoms with van der Waals surface area (Å²) >= 11 is 1.51. The van der Waals surface area contributed by atoms with Crippen molar-refractivity contribution in [3.8, 4) is 0 Å². The molecule has 3 rings (SSSR count). The molecule has 0 radical (unpaired) electrons. The van der Waals surface area contributed by atoms with Crippen LogP contribution in [0.2, 0.25) is 0 Å². The van der Waals surface area contributed by atoms with Crippen LogP contribution in [0.5, 0.6) is 0 Å². The van der Waals surface area contributed by atoms with Gasteiger partial charge in [-0.25, -0.2) is 4.98 Å². The van der Waals surface area contributed by atoms with Gasteiger partial charge in [0.15, 0.2) is 0 Å². The summed E-state index contributed by atoms with van der Waals surface area (Å²) in [6, 6.07) is 0.381. The summed E-state index contributed by atoms with van der Waals surface area (Å²) in [6.07, 6.45) is 6.30. The molecule has 1 aromatic heterocycles. The van der Waals surface area contributed by atoms with Gasteiger partial charge in [0, 0.05) is 32.2 Å². The molecule has 122 valence electrons. The number of carbonyl (C=O) groups is 1. The molecule has 1 aromatic rings. The molecule has 0 saturated carbocycles. The predicted octanol–water partition coefficient (Wildman–Crippen LogP) is 2.17. The zero-order valence-electron chi connectivity index (χ0n) is 13.3. The number of nitrogens with zero attached hydrogens (tertiary/aromatic N) is 3. The molecule has 2 aliphatic rings. The number of ether oxygens (including phenoxy) is 1. The SMILES string of the molecule is Cc1ncc(C(=O)N2CCCCC2CCN2CCOCC2)s1. The Hall–Kier alpha value is -0.980. The van der Waals surface area contributed by atoms with Crippen LogP contribution >= 0.6 is 11.3 Å². The first-order valence-electron chi connectivity index (χ1n) is 8.27. The summed E-state index contributed by atoms with van der Waals surface area (Å²) < 4.78 is 5.40. The highest BCUT2D eigenvalue weighted by Gasteiger charge is 2.28. The summed E-state index contributed by atoms with van der Waals surface area (Å²) in [5, 5.41) is 0.963. The van der Waals surface area contributed by atoms with Crippen LogP contribution in [0.25, 0.3) is 0 Å². The monoisotopic (exact) mass is 323 g/mol. The van der Waals surface area contributed by atoms with Gasteiger partial charge in [0.05, 0.1) is 24.4 Å². The fourth-order valence-corrected chi connectivity index (χ4v) is 4.06. The molecule has 1 amide bonds. The molecule has 2 fully saturated rings. The lowest BCUT2D eigenvalue weighted by molar-refractivity contribution is 0.0296. The van der Waals surface area contributed by atoms with E-state index in [4.69, 9.17) is 4.74 Å². The Morgan fingerprint density at radius 2 is 2.18 bits per heavy atom. The van der Waals surface area contributed by atoms with E-state index in [1.807, 2.05) is 6.92 Å². The lowest BCUT2D eigenvalue weighted by Gasteiger charge is -2.37. The second-order valence-electron chi connectivity index (χ2n) is 6.13. The van der Waals surface area contributed by atoms with Gasteiger partial charge in [0.2, 0.25) is 0 Å². The number of thiazole rings is 1. The van der Waals surface area contributed by atoms with E-state index in [-0.39, 0.29) is 5.91 Å². The van der Waals surface area contributed by atoms with Crippen molar-refractivity contribution >= 4 is 17.2 Å². The molecule has 1 atom stereocenters. The van der Waals surface area contributed by atoms with Crippen molar-refractivity contribution < 1.29 is 9.53 Å². The minimum absolute atomic E-state index is 0.178. The lowest BCUT2D eigenvalue weighted by atomic mass is 9.98. The topological polar surface area (TPSA) is 45.7 Å². The van der Waals surface area contributed by atoms with E-state index >= 15 is 0 Å². The number of piperidine rings is 1. The predicted molar refractivity (Wildman–Crippen MR) is 87.4 cm³/mol. The molecular weight excluding hydrogens is 298 g/mol. The molecule has 0 N–H and O–H groups in total. The normalized spacial score (nSPS) is 23.7. The van der Waals surface area contributed by atoms with Crippen LogP contribution in [0.1, 0.15) is 40.4 Å². The fraction of sp³-hybridized carbons (Fsp3) is 0.750. The van der Waals surface area contributed by atoms with Crippen molar-refractivity contribution in [2.75, 3.05) is 39.4 Å². The van der Waals surface area contributed by atoms with Crippen LogP contribution < -0.4 is 0 Å². The third-order valence-electron chi connectivity index (χ3n) is 4.60. The maximum atomic E-state index is 12.7. The first-order valence-corrected chi connectivity index (χ1v) is 9.09. The van der Waals surface area contributed by atoms with E-state index in [0.29, 0.717) is 6.04 Å². The summed E-state index contributed by atoms with van der Waals surface area (Å²) in [4.78, 5) is 22.3. The van der Waals surface area contributed by atoms with Crippen LogP contribution in [-0.4, -0.2) is 66.1 Å². The number of carbonyl (C=O) groups excluding carboxylic acids is 1. The number of morpholine rings is 1. The van der Waals surface area contributed by atoms with Gasteiger partial charge in [-0.2, -0.15) is 0 Å². The number of likely N-dealkylation sites (tertiary alicyclic amines) is 1. The van der Waals surface area contributed by atoms with Gasteiger partial charge in [-0.3, -0.25) is 9.69 Å². The van der Waals surface area contributed by atoms with Crippen molar-refractivity contribution in [1.82, 2.24) is 14.8 Å². The van der Waals surface area contributed by atoms with Crippen LogP contribution in [-0.2, 0) is 4.74 Å². The molecule has 3 heterocycles. The first kappa shape index (κ1) is 15.9. The Balaban J connectivity index is 1.59. The maximum Gasteiger partial charge on any atom is 0.265 e. The van der Waals surface area contributed by atoms with Crippen LogP contribution in [0.15, 0.2) is 6.20 Å². The summed E-state index contributed by atoms with van der Waals surface area (Å²) in [5.41, 5.74) is 0. The van der Waals surface area contributed by atoms with Gasteiger partial charge in [-0.15, -0.1) is 11.3 Å². The van der Waals surface area contributed by atoms with Gasteiger partial charge in [-0.1, -0.05) is 0 Å².